The molecule has 0 bridgehead atoms. The van der Waals surface area contributed by atoms with Gasteiger partial charge in [-0.3, -0.25) is 14.4 Å². The second kappa shape index (κ2) is 10.8. The quantitative estimate of drug-likeness (QED) is 0.444. The molecule has 2 fully saturated rings. The van der Waals surface area contributed by atoms with Gasteiger partial charge in [0.05, 0.1) is 7.11 Å². The summed E-state index contributed by atoms with van der Waals surface area (Å²) in [6.07, 6.45) is 4.04. The third kappa shape index (κ3) is 5.25. The number of hydrogen-bond acceptors (Lipinski definition) is 4. The number of halogens is 1. The van der Waals surface area contributed by atoms with E-state index < -0.39 is 12.0 Å². The molecule has 1 saturated heterocycles. The van der Waals surface area contributed by atoms with Crippen LogP contribution in [-0.2, 0) is 11.3 Å². The number of ether oxygens (including phenoxy) is 1. The van der Waals surface area contributed by atoms with Gasteiger partial charge >= 0.3 is 0 Å². The first-order valence-corrected chi connectivity index (χ1v) is 14.0. The second-order valence-corrected chi connectivity index (χ2v) is 11.7. The third-order valence-electron chi connectivity index (χ3n) is 7.29. The lowest BCUT2D eigenvalue weighted by molar-refractivity contribution is -0.118. The van der Waals surface area contributed by atoms with E-state index in [1.807, 2.05) is 31.3 Å². The molecule has 1 aromatic heterocycles. The van der Waals surface area contributed by atoms with Crippen LogP contribution in [0.1, 0.15) is 40.2 Å². The number of benzene rings is 2. The maximum atomic E-state index is 14.0. The number of carbonyl (C=O) groups is 2. The highest BCUT2D eigenvalue weighted by Gasteiger charge is 2.45. The molecule has 2 unspecified atom stereocenters. The van der Waals surface area contributed by atoms with Gasteiger partial charge in [0.1, 0.15) is 17.5 Å². The molecular weight excluding hydrogens is 540 g/mol. The molecule has 1 aliphatic heterocycles. The van der Waals surface area contributed by atoms with E-state index in [2.05, 4.69) is 23.8 Å². The number of aromatic nitrogens is 1. The van der Waals surface area contributed by atoms with Crippen molar-refractivity contribution in [1.82, 2.24) is 9.88 Å². The highest BCUT2D eigenvalue weighted by Crippen LogP contribution is 2.34. The topological polar surface area (TPSA) is 80.6 Å². The van der Waals surface area contributed by atoms with Gasteiger partial charge in [-0.2, -0.15) is 0 Å². The van der Waals surface area contributed by atoms with Crippen LogP contribution in [0.3, 0.4) is 0 Å². The van der Waals surface area contributed by atoms with E-state index in [9.17, 15) is 14.4 Å². The van der Waals surface area contributed by atoms with Crippen molar-refractivity contribution in [2.75, 3.05) is 18.6 Å². The van der Waals surface area contributed by atoms with Crippen molar-refractivity contribution in [2.24, 2.45) is 5.92 Å². The minimum atomic E-state index is -0.874. The summed E-state index contributed by atoms with van der Waals surface area (Å²) in [5, 5.41) is 5.19. The normalized spacial score (nSPS) is 19.1. The second-order valence-electron chi connectivity index (χ2n) is 9.98. The molecule has 5 rings (SSSR count). The number of carbonyl (C=O) groups excluding carboxylic acids is 2. The van der Waals surface area contributed by atoms with Crippen LogP contribution in [0.25, 0.3) is 0 Å². The maximum absolute atomic E-state index is 14.0. The Hall–Kier alpha value is -2.72. The zero-order valence-electron chi connectivity index (χ0n) is 21.2. The van der Waals surface area contributed by atoms with Gasteiger partial charge in [-0.05, 0) is 89.9 Å². The molecule has 1 N–H and O–H groups in total. The molecule has 2 aliphatic rings. The number of rotatable bonds is 7. The molecule has 2 aromatic carbocycles. The molecule has 198 valence electrons. The summed E-state index contributed by atoms with van der Waals surface area (Å²) in [4.78, 5) is 42.4. The fraction of sp³-hybridized carbons (Fsp3) is 0.321. The molecule has 1 aliphatic carbocycles. The van der Waals surface area contributed by atoms with E-state index in [1.165, 1.54) is 0 Å². The molecule has 3 aromatic rings. The van der Waals surface area contributed by atoms with Crippen LogP contribution in [0.4, 0.5) is 5.69 Å². The highest BCUT2D eigenvalue weighted by molar-refractivity contribution is 7.29. The lowest BCUT2D eigenvalue weighted by Gasteiger charge is -2.22. The minimum Gasteiger partial charge on any atom is -0.497 e. The van der Waals surface area contributed by atoms with E-state index in [-0.39, 0.29) is 23.9 Å². The van der Waals surface area contributed by atoms with Crippen LogP contribution in [-0.4, -0.2) is 36.1 Å². The monoisotopic (exact) mass is 569 g/mol. The van der Waals surface area contributed by atoms with Crippen molar-refractivity contribution in [3.63, 3.8) is 0 Å². The van der Waals surface area contributed by atoms with Gasteiger partial charge in [0, 0.05) is 35.8 Å². The molecule has 7 nitrogen and oxygen atoms in total. The van der Waals surface area contributed by atoms with Gasteiger partial charge in [0.25, 0.3) is 11.5 Å². The van der Waals surface area contributed by atoms with Gasteiger partial charge in [-0.25, -0.2) is 0 Å². The Balaban J connectivity index is 1.56. The summed E-state index contributed by atoms with van der Waals surface area (Å²) >= 11 is 6.00. The Labute approximate surface area is 231 Å². The van der Waals surface area contributed by atoms with Gasteiger partial charge in [-0.1, -0.05) is 11.6 Å². The first-order chi connectivity index (χ1) is 18.2. The summed E-state index contributed by atoms with van der Waals surface area (Å²) in [7, 11) is 7.03. The molecular formula is C28H30ClN3O4P2. The molecule has 4 atom stereocenters. The molecule has 2 heterocycles. The Morgan fingerprint density at radius 3 is 2.37 bits per heavy atom. The SMILES string of the molecule is COc1cc(P)c([C@@H]2CN(c3c(C)ccn(CC4CC4)c3=O)C(=O)[C@H]2NC(=O)c2ccc(Cl)cc2)c(P)c1. The Morgan fingerprint density at radius 2 is 1.76 bits per heavy atom. The summed E-state index contributed by atoms with van der Waals surface area (Å²) in [6.45, 7) is 2.75. The van der Waals surface area contributed by atoms with E-state index in [0.717, 1.165) is 34.6 Å². The summed E-state index contributed by atoms with van der Waals surface area (Å²) in [5.74, 6) is 0.0997. The third-order valence-corrected chi connectivity index (χ3v) is 8.50. The first kappa shape index (κ1) is 26.9. The smallest absolute Gasteiger partial charge is 0.274 e. The van der Waals surface area contributed by atoms with E-state index in [1.54, 1.807) is 40.8 Å². The molecule has 1 saturated carbocycles. The van der Waals surface area contributed by atoms with Gasteiger partial charge in [0.2, 0.25) is 5.91 Å². The molecule has 2 amide bonds. The van der Waals surface area contributed by atoms with E-state index in [4.69, 9.17) is 16.3 Å². The lowest BCUT2D eigenvalue weighted by atomic mass is 9.93. The van der Waals surface area contributed by atoms with Crippen molar-refractivity contribution in [3.05, 3.63) is 80.7 Å². The van der Waals surface area contributed by atoms with Crippen LogP contribution in [0.2, 0.25) is 5.02 Å². The molecule has 0 spiro atoms. The number of anilines is 1. The number of hydrogen-bond donors (Lipinski definition) is 1. The van der Waals surface area contributed by atoms with Crippen molar-refractivity contribution < 1.29 is 14.3 Å². The molecule has 38 heavy (non-hydrogen) atoms. The van der Waals surface area contributed by atoms with Crippen molar-refractivity contribution in [1.29, 1.82) is 0 Å². The standard InChI is InChI=1S/C28H30ClN3O4P2/c1-15-9-10-31(13-16-3-4-16)28(35)25(15)32-14-20(23-21(37)11-19(36-2)12-22(23)38)24(27(32)34)30-26(33)17-5-7-18(29)8-6-17/h5-12,16,20,24H,3-4,13-14,37-38H2,1-2H3,(H,30,33)/t20-,24-/m0/s1. The largest absolute Gasteiger partial charge is 0.497 e. The fourth-order valence-electron chi connectivity index (χ4n) is 5.10. The van der Waals surface area contributed by atoms with Crippen LogP contribution < -0.4 is 31.1 Å². The fourth-order valence-corrected chi connectivity index (χ4v) is 6.48. The number of methoxy groups -OCH3 is 1. The van der Waals surface area contributed by atoms with Crippen LogP contribution in [0.15, 0.2) is 53.5 Å². The maximum Gasteiger partial charge on any atom is 0.274 e. The van der Waals surface area contributed by atoms with Crippen molar-refractivity contribution in [3.8, 4) is 5.75 Å². The van der Waals surface area contributed by atoms with Gasteiger partial charge in [-0.15, -0.1) is 18.5 Å². The van der Waals surface area contributed by atoms with Gasteiger partial charge in [0.15, 0.2) is 0 Å². The van der Waals surface area contributed by atoms with Gasteiger partial charge < -0.3 is 19.5 Å². The summed E-state index contributed by atoms with van der Waals surface area (Å²) in [5.41, 5.74) is 2.21. The average Bonchev–Trinajstić information content (AvgIpc) is 3.66. The first-order valence-electron chi connectivity index (χ1n) is 12.5. The van der Waals surface area contributed by atoms with E-state index in [0.29, 0.717) is 34.5 Å². The number of amides is 2. The predicted molar refractivity (Wildman–Crippen MR) is 158 cm³/mol. The van der Waals surface area contributed by atoms with Crippen LogP contribution in [0.5, 0.6) is 5.75 Å². The minimum absolute atomic E-state index is 0.180. The number of nitrogens with one attached hydrogen (secondary N) is 1. The number of aryl methyl sites for hydroxylation is 1. The summed E-state index contributed by atoms with van der Waals surface area (Å²) < 4.78 is 7.12. The van der Waals surface area contributed by atoms with Crippen LogP contribution in [0, 0.1) is 12.8 Å². The zero-order valence-corrected chi connectivity index (χ0v) is 24.3. The lowest BCUT2D eigenvalue weighted by Crippen LogP contribution is -2.45. The highest BCUT2D eigenvalue weighted by atomic mass is 35.5. The predicted octanol–water partition coefficient (Wildman–Crippen LogP) is 3.16. The Kier molecular flexibility index (Phi) is 7.64. The average molecular weight is 570 g/mol. The van der Waals surface area contributed by atoms with Crippen molar-refractivity contribution in [2.45, 2.75) is 38.3 Å². The Bertz CT molecular complexity index is 1450. The van der Waals surface area contributed by atoms with Crippen molar-refractivity contribution >= 4 is 58.2 Å². The van der Waals surface area contributed by atoms with E-state index >= 15 is 0 Å². The number of pyridine rings is 1. The summed E-state index contributed by atoms with van der Waals surface area (Å²) in [6, 6.07) is 11.3. The number of nitrogens with zero attached hydrogens (tertiary/aromatic N) is 2. The molecule has 10 heteroatoms. The van der Waals surface area contributed by atoms with Crippen LogP contribution >= 0.6 is 30.1 Å². The molecule has 0 radical (unpaired) electrons. The Morgan fingerprint density at radius 1 is 1.11 bits per heavy atom. The zero-order chi connectivity index (χ0) is 27.1.